The van der Waals surface area contributed by atoms with Crippen molar-refractivity contribution in [3.8, 4) is 11.5 Å². The lowest BCUT2D eigenvalue weighted by Crippen LogP contribution is -2.45. The van der Waals surface area contributed by atoms with Gasteiger partial charge in [0.15, 0.2) is 11.7 Å². The molecule has 0 radical (unpaired) electrons. The minimum Gasteiger partial charge on any atom is -0.487 e. The molecule has 42 heavy (non-hydrogen) atoms. The fourth-order valence-electron chi connectivity index (χ4n) is 4.13. The number of halogens is 2. The topological polar surface area (TPSA) is 110 Å². The molecule has 1 aliphatic heterocycles. The fraction of sp³-hybridized carbons (Fsp3) is 0.200. The zero-order valence-electron chi connectivity index (χ0n) is 22.8. The van der Waals surface area contributed by atoms with Crippen molar-refractivity contribution in [2.75, 3.05) is 13.2 Å². The van der Waals surface area contributed by atoms with Crippen LogP contribution in [0.2, 0.25) is 0 Å². The second-order valence-electron chi connectivity index (χ2n) is 9.00. The van der Waals surface area contributed by atoms with E-state index in [0.29, 0.717) is 40.1 Å². The number of hydrogen-bond acceptors (Lipinski definition) is 7. The van der Waals surface area contributed by atoms with Crippen LogP contribution in [0, 0.1) is 0 Å². The van der Waals surface area contributed by atoms with Crippen molar-refractivity contribution in [3.63, 3.8) is 0 Å². The van der Waals surface area contributed by atoms with E-state index < -0.39 is 17.9 Å². The number of carbonyl (C=O) groups is 2. The Hall–Kier alpha value is -3.74. The van der Waals surface area contributed by atoms with Gasteiger partial charge in [-0.25, -0.2) is 10.2 Å². The number of para-hydroxylation sites is 1. The van der Waals surface area contributed by atoms with Gasteiger partial charge in [-0.3, -0.25) is 4.79 Å². The van der Waals surface area contributed by atoms with E-state index in [2.05, 4.69) is 53.0 Å². The van der Waals surface area contributed by atoms with Crippen molar-refractivity contribution < 1.29 is 23.8 Å². The van der Waals surface area contributed by atoms with E-state index in [1.54, 1.807) is 32.0 Å². The molecule has 1 heterocycles. The number of rotatable bonds is 11. The van der Waals surface area contributed by atoms with Crippen molar-refractivity contribution in [1.82, 2.24) is 16.1 Å². The molecule has 0 unspecified atom stereocenters. The molecule has 0 aliphatic carbocycles. The van der Waals surface area contributed by atoms with Crippen LogP contribution in [0.25, 0.3) is 0 Å². The molecule has 1 atom stereocenters. The van der Waals surface area contributed by atoms with Crippen molar-refractivity contribution in [3.05, 3.63) is 104 Å². The molecular weight excluding hydrogens is 688 g/mol. The van der Waals surface area contributed by atoms with E-state index >= 15 is 0 Å². The largest absolute Gasteiger partial charge is 0.487 e. The maximum atomic E-state index is 12.7. The second kappa shape index (κ2) is 14.9. The van der Waals surface area contributed by atoms with Crippen molar-refractivity contribution in [2.45, 2.75) is 26.5 Å². The summed E-state index contributed by atoms with van der Waals surface area (Å²) >= 11 is 12.4. The second-order valence-corrected chi connectivity index (χ2v) is 11.1. The summed E-state index contributed by atoms with van der Waals surface area (Å²) in [7, 11) is 0. The molecule has 3 aromatic rings. The Morgan fingerprint density at radius 1 is 1.05 bits per heavy atom. The predicted octanol–water partition coefficient (Wildman–Crippen LogP) is 5.68. The summed E-state index contributed by atoms with van der Waals surface area (Å²) in [5.41, 5.74) is 5.84. The smallest absolute Gasteiger partial charge is 0.338 e. The third-order valence-corrected chi connectivity index (χ3v) is 7.40. The summed E-state index contributed by atoms with van der Waals surface area (Å²) in [5, 5.41) is 10.5. The third kappa shape index (κ3) is 8.17. The molecular formula is C30H28Br2N4O5S. The fourth-order valence-corrected chi connectivity index (χ4v) is 5.85. The molecule has 0 saturated carbocycles. The van der Waals surface area contributed by atoms with Gasteiger partial charge in [0.05, 0.1) is 33.4 Å². The Balaban J connectivity index is 1.38. The Morgan fingerprint density at radius 3 is 2.45 bits per heavy atom. The van der Waals surface area contributed by atoms with E-state index in [4.69, 9.17) is 26.4 Å². The summed E-state index contributed by atoms with van der Waals surface area (Å²) in [6, 6.07) is 20.0. The molecule has 0 saturated heterocycles. The number of ether oxygens (including phenoxy) is 3. The van der Waals surface area contributed by atoms with Gasteiger partial charge in [0.2, 0.25) is 0 Å². The quantitative estimate of drug-likeness (QED) is 0.101. The number of carbonyl (C=O) groups excluding carboxylic acids is 2. The zero-order valence-corrected chi connectivity index (χ0v) is 26.8. The molecule has 0 spiro atoms. The van der Waals surface area contributed by atoms with Crippen molar-refractivity contribution in [2.24, 2.45) is 5.10 Å². The van der Waals surface area contributed by atoms with Crippen LogP contribution in [-0.2, 0) is 20.9 Å². The Kier molecular flexibility index (Phi) is 11.1. The molecule has 3 aromatic carbocycles. The first-order valence-electron chi connectivity index (χ1n) is 12.9. The summed E-state index contributed by atoms with van der Waals surface area (Å²) in [6.45, 7) is 3.84. The Morgan fingerprint density at radius 2 is 1.74 bits per heavy atom. The number of hydrazone groups is 1. The number of nitrogens with zero attached hydrogens (tertiary/aromatic N) is 1. The summed E-state index contributed by atoms with van der Waals surface area (Å²) in [4.78, 5) is 25.3. The molecule has 1 aliphatic rings. The molecule has 3 N–H and O–H groups in total. The van der Waals surface area contributed by atoms with Crippen LogP contribution in [0.15, 0.2) is 92.0 Å². The Labute approximate surface area is 266 Å². The highest BCUT2D eigenvalue weighted by molar-refractivity contribution is 9.11. The highest BCUT2D eigenvalue weighted by Gasteiger charge is 2.32. The zero-order chi connectivity index (χ0) is 30.1. The number of amides is 1. The van der Waals surface area contributed by atoms with Gasteiger partial charge in [0, 0.05) is 11.3 Å². The lowest BCUT2D eigenvalue weighted by Gasteiger charge is -2.30. The lowest BCUT2D eigenvalue weighted by atomic mass is 9.95. The van der Waals surface area contributed by atoms with Gasteiger partial charge in [-0.1, -0.05) is 48.5 Å². The van der Waals surface area contributed by atoms with Gasteiger partial charge in [-0.2, -0.15) is 5.10 Å². The highest BCUT2D eigenvalue weighted by atomic mass is 79.9. The van der Waals surface area contributed by atoms with Crippen LogP contribution in [-0.4, -0.2) is 36.4 Å². The number of benzene rings is 3. The van der Waals surface area contributed by atoms with Gasteiger partial charge in [-0.15, -0.1) is 0 Å². The average molecular weight is 716 g/mol. The van der Waals surface area contributed by atoms with Crippen LogP contribution in [0.5, 0.6) is 11.5 Å². The summed E-state index contributed by atoms with van der Waals surface area (Å²) in [5.74, 6) is 0.131. The first-order valence-corrected chi connectivity index (χ1v) is 14.9. The maximum Gasteiger partial charge on any atom is 0.338 e. The van der Waals surface area contributed by atoms with Gasteiger partial charge in [-0.05, 0) is 87.3 Å². The first kappa shape index (κ1) is 31.2. The van der Waals surface area contributed by atoms with Crippen LogP contribution in [0.4, 0.5) is 0 Å². The van der Waals surface area contributed by atoms with Crippen LogP contribution < -0.4 is 25.5 Å². The van der Waals surface area contributed by atoms with Crippen LogP contribution in [0.3, 0.4) is 0 Å². The SMILES string of the molecule is CCOC(=O)C1=C(C)NC(=S)N[C@H]1c1ccccc1OCC(=O)NN=Cc1cc(Br)c(OCc2ccccc2)c(Br)c1. The van der Waals surface area contributed by atoms with Crippen molar-refractivity contribution in [1.29, 1.82) is 0 Å². The monoisotopic (exact) mass is 714 g/mol. The molecule has 9 nitrogen and oxygen atoms in total. The molecule has 0 bridgehead atoms. The molecule has 12 heteroatoms. The van der Waals surface area contributed by atoms with Gasteiger partial charge < -0.3 is 24.8 Å². The third-order valence-electron chi connectivity index (χ3n) is 6.00. The van der Waals surface area contributed by atoms with Gasteiger partial charge in [0.1, 0.15) is 18.1 Å². The minimum atomic E-state index is -0.619. The molecule has 0 aromatic heterocycles. The summed E-state index contributed by atoms with van der Waals surface area (Å²) in [6.07, 6.45) is 1.52. The standard InChI is InChI=1S/C30H28Br2N4O5S/c1-3-39-29(38)26-18(2)34-30(42)35-27(26)21-11-7-8-12-24(21)40-17-25(37)36-33-15-20-13-22(31)28(23(32)14-20)41-16-19-9-5-4-6-10-19/h4-15,27H,3,16-17H2,1-2H3,(H,36,37)(H2,34,35,42)/t27-/m0/s1. The molecule has 218 valence electrons. The number of hydrogen-bond donors (Lipinski definition) is 3. The van der Waals surface area contributed by atoms with Gasteiger partial charge in [0.25, 0.3) is 5.91 Å². The minimum absolute atomic E-state index is 0.228. The first-order chi connectivity index (χ1) is 20.3. The molecule has 1 amide bonds. The van der Waals surface area contributed by atoms with E-state index in [1.807, 2.05) is 48.5 Å². The van der Waals surface area contributed by atoms with E-state index in [9.17, 15) is 9.59 Å². The predicted molar refractivity (Wildman–Crippen MR) is 171 cm³/mol. The lowest BCUT2D eigenvalue weighted by molar-refractivity contribution is -0.139. The molecule has 0 fully saturated rings. The molecule has 4 rings (SSSR count). The van der Waals surface area contributed by atoms with Gasteiger partial charge >= 0.3 is 5.97 Å². The number of allylic oxidation sites excluding steroid dienone is 1. The van der Waals surface area contributed by atoms with E-state index in [1.165, 1.54) is 6.21 Å². The Bertz CT molecular complexity index is 1510. The summed E-state index contributed by atoms with van der Waals surface area (Å²) < 4.78 is 18.5. The highest BCUT2D eigenvalue weighted by Crippen LogP contribution is 2.35. The van der Waals surface area contributed by atoms with Crippen molar-refractivity contribution >= 4 is 67.3 Å². The average Bonchev–Trinajstić information content (AvgIpc) is 2.96. The maximum absolute atomic E-state index is 12.7. The van der Waals surface area contributed by atoms with Crippen LogP contribution in [0.1, 0.15) is 36.6 Å². The van der Waals surface area contributed by atoms with E-state index in [0.717, 1.165) is 20.1 Å². The number of esters is 1. The normalized spacial score (nSPS) is 14.7. The number of nitrogens with one attached hydrogen (secondary N) is 3. The van der Waals surface area contributed by atoms with E-state index in [-0.39, 0.29) is 13.2 Å². The van der Waals surface area contributed by atoms with Crippen LogP contribution >= 0.6 is 44.1 Å². The number of thiocarbonyl (C=S) groups is 1.